The molecule has 0 aliphatic carbocycles. The number of anilines is 1. The number of carbonyl (C=O) groups is 1. The van der Waals surface area contributed by atoms with Crippen molar-refractivity contribution in [2.75, 3.05) is 5.32 Å². The van der Waals surface area contributed by atoms with Gasteiger partial charge in [0.05, 0.1) is 5.69 Å². The van der Waals surface area contributed by atoms with Gasteiger partial charge in [-0.15, -0.1) is 0 Å². The first-order valence-corrected chi connectivity index (χ1v) is 7.60. The zero-order valence-corrected chi connectivity index (χ0v) is 13.4. The van der Waals surface area contributed by atoms with Gasteiger partial charge in [0.2, 0.25) is 0 Å². The predicted octanol–water partition coefficient (Wildman–Crippen LogP) is 4.77. The fourth-order valence-corrected chi connectivity index (χ4v) is 2.24. The van der Waals surface area contributed by atoms with Crippen LogP contribution in [0.25, 0.3) is 17.4 Å². The van der Waals surface area contributed by atoms with E-state index in [-0.39, 0.29) is 22.8 Å². The number of nitrogens with one attached hydrogen (secondary N) is 1. The highest BCUT2D eigenvalue weighted by Gasteiger charge is 2.13. The SMILES string of the molecule is N#C/C(=C\c1ccc(-c2ccc(F)cc2)o1)C(=O)Nc1ccccc1F. The van der Waals surface area contributed by atoms with Gasteiger partial charge in [-0.2, -0.15) is 5.26 Å². The van der Waals surface area contributed by atoms with Crippen molar-refractivity contribution in [1.82, 2.24) is 0 Å². The lowest BCUT2D eigenvalue weighted by atomic mass is 10.2. The fourth-order valence-electron chi connectivity index (χ4n) is 2.24. The smallest absolute Gasteiger partial charge is 0.266 e. The minimum Gasteiger partial charge on any atom is -0.457 e. The van der Waals surface area contributed by atoms with E-state index >= 15 is 0 Å². The zero-order valence-electron chi connectivity index (χ0n) is 13.4. The van der Waals surface area contributed by atoms with Crippen LogP contribution in [0.5, 0.6) is 0 Å². The van der Waals surface area contributed by atoms with Crippen LogP contribution < -0.4 is 5.32 Å². The number of hydrogen-bond donors (Lipinski definition) is 1. The number of nitrogens with zero attached hydrogens (tertiary/aromatic N) is 1. The highest BCUT2D eigenvalue weighted by atomic mass is 19.1. The van der Waals surface area contributed by atoms with Crippen LogP contribution in [0, 0.1) is 23.0 Å². The second kappa shape index (κ2) is 7.45. The normalized spacial score (nSPS) is 11.0. The molecule has 6 heteroatoms. The van der Waals surface area contributed by atoms with E-state index in [1.54, 1.807) is 36.4 Å². The fraction of sp³-hybridized carbons (Fsp3) is 0. The summed E-state index contributed by atoms with van der Waals surface area (Å²) in [5.41, 5.74) is 0.388. The van der Waals surface area contributed by atoms with Crippen LogP contribution in [-0.2, 0) is 4.79 Å². The van der Waals surface area contributed by atoms with Gasteiger partial charge in [0.25, 0.3) is 5.91 Å². The third kappa shape index (κ3) is 3.84. The van der Waals surface area contributed by atoms with Gasteiger partial charge in [-0.3, -0.25) is 4.79 Å². The van der Waals surface area contributed by atoms with Crippen molar-refractivity contribution in [3.8, 4) is 17.4 Å². The van der Waals surface area contributed by atoms with Gasteiger partial charge in [0.1, 0.15) is 34.8 Å². The summed E-state index contributed by atoms with van der Waals surface area (Å²) in [5.74, 6) is -0.989. The number of hydrogen-bond acceptors (Lipinski definition) is 3. The second-order valence-corrected chi connectivity index (χ2v) is 5.31. The van der Waals surface area contributed by atoms with E-state index in [0.717, 1.165) is 0 Å². The predicted molar refractivity (Wildman–Crippen MR) is 92.7 cm³/mol. The molecule has 3 aromatic rings. The zero-order chi connectivity index (χ0) is 18.5. The molecule has 2 aromatic carbocycles. The van der Waals surface area contributed by atoms with Crippen molar-refractivity contribution in [1.29, 1.82) is 5.26 Å². The van der Waals surface area contributed by atoms with Gasteiger partial charge in [0.15, 0.2) is 0 Å². The van der Waals surface area contributed by atoms with E-state index in [4.69, 9.17) is 4.42 Å². The van der Waals surface area contributed by atoms with Gasteiger partial charge < -0.3 is 9.73 Å². The third-order valence-electron chi connectivity index (χ3n) is 3.53. The number of rotatable bonds is 4. The molecule has 3 rings (SSSR count). The number of nitriles is 1. The highest BCUT2D eigenvalue weighted by Crippen LogP contribution is 2.24. The van der Waals surface area contributed by atoms with E-state index in [0.29, 0.717) is 11.3 Å². The summed E-state index contributed by atoms with van der Waals surface area (Å²) in [5, 5.41) is 11.5. The quantitative estimate of drug-likeness (QED) is 0.544. The molecule has 1 amide bonds. The Morgan fingerprint density at radius 3 is 2.46 bits per heavy atom. The number of para-hydroxylation sites is 1. The maximum absolute atomic E-state index is 13.6. The number of benzene rings is 2. The van der Waals surface area contributed by atoms with Crippen molar-refractivity contribution in [2.24, 2.45) is 0 Å². The van der Waals surface area contributed by atoms with Crippen LogP contribution in [0.2, 0.25) is 0 Å². The molecule has 128 valence electrons. The van der Waals surface area contributed by atoms with Crippen LogP contribution in [0.4, 0.5) is 14.5 Å². The molecule has 26 heavy (non-hydrogen) atoms. The molecule has 0 radical (unpaired) electrons. The molecule has 1 aromatic heterocycles. The van der Waals surface area contributed by atoms with E-state index in [1.165, 1.54) is 36.4 Å². The van der Waals surface area contributed by atoms with Gasteiger partial charge in [0, 0.05) is 11.6 Å². The molecule has 0 saturated heterocycles. The molecule has 0 saturated carbocycles. The third-order valence-corrected chi connectivity index (χ3v) is 3.53. The maximum Gasteiger partial charge on any atom is 0.266 e. The first-order chi connectivity index (χ1) is 12.6. The lowest BCUT2D eigenvalue weighted by molar-refractivity contribution is -0.112. The highest BCUT2D eigenvalue weighted by molar-refractivity contribution is 6.09. The average Bonchev–Trinajstić information content (AvgIpc) is 3.10. The Labute approximate surface area is 148 Å². The van der Waals surface area contributed by atoms with Gasteiger partial charge >= 0.3 is 0 Å². The van der Waals surface area contributed by atoms with Crippen molar-refractivity contribution >= 4 is 17.7 Å². The molecule has 0 unspecified atom stereocenters. The Balaban J connectivity index is 1.81. The monoisotopic (exact) mass is 350 g/mol. The lowest BCUT2D eigenvalue weighted by Crippen LogP contribution is -2.14. The molecule has 4 nitrogen and oxygen atoms in total. The summed E-state index contributed by atoms with van der Waals surface area (Å²) in [6, 6.07) is 16.3. The number of furan rings is 1. The van der Waals surface area contributed by atoms with Crippen LogP contribution in [0.15, 0.2) is 70.7 Å². The molecule has 0 aliphatic heterocycles. The van der Waals surface area contributed by atoms with Crippen LogP contribution in [0.3, 0.4) is 0 Å². The van der Waals surface area contributed by atoms with Crippen LogP contribution in [-0.4, -0.2) is 5.91 Å². The molecule has 0 atom stereocenters. The van der Waals surface area contributed by atoms with E-state index < -0.39 is 11.7 Å². The Bertz CT molecular complexity index is 1010. The molecule has 0 aliphatic rings. The molecule has 1 N–H and O–H groups in total. The van der Waals surface area contributed by atoms with Gasteiger partial charge in [-0.25, -0.2) is 8.78 Å². The molecule has 0 spiro atoms. The maximum atomic E-state index is 13.6. The standard InChI is InChI=1S/C20H12F2N2O2/c21-15-7-5-13(6-8-15)19-10-9-16(26-19)11-14(12-23)20(25)24-18-4-2-1-3-17(18)22/h1-11H,(H,24,25)/b14-11+. The molecule has 0 fully saturated rings. The summed E-state index contributed by atoms with van der Waals surface area (Å²) in [4.78, 5) is 12.2. The molecular weight excluding hydrogens is 338 g/mol. The number of amides is 1. The van der Waals surface area contributed by atoms with Gasteiger partial charge in [-0.1, -0.05) is 12.1 Å². The summed E-state index contributed by atoms with van der Waals surface area (Å²) in [6.07, 6.45) is 1.25. The summed E-state index contributed by atoms with van der Waals surface area (Å²) >= 11 is 0. The van der Waals surface area contributed by atoms with Crippen molar-refractivity contribution in [3.63, 3.8) is 0 Å². The minimum atomic E-state index is -0.752. The Morgan fingerprint density at radius 1 is 1.04 bits per heavy atom. The van der Waals surface area contributed by atoms with E-state index in [1.807, 2.05) is 0 Å². The summed E-state index contributed by atoms with van der Waals surface area (Å²) in [7, 11) is 0. The number of carbonyl (C=O) groups excluding carboxylic acids is 1. The second-order valence-electron chi connectivity index (χ2n) is 5.31. The Morgan fingerprint density at radius 2 is 1.77 bits per heavy atom. The summed E-state index contributed by atoms with van der Waals surface area (Å²) in [6.45, 7) is 0. The topological polar surface area (TPSA) is 66.0 Å². The van der Waals surface area contributed by atoms with E-state index in [2.05, 4.69) is 5.32 Å². The van der Waals surface area contributed by atoms with Gasteiger partial charge in [-0.05, 0) is 48.5 Å². The minimum absolute atomic E-state index is 0.0231. The van der Waals surface area contributed by atoms with Crippen molar-refractivity contribution in [3.05, 3.63) is 83.6 Å². The first kappa shape index (κ1) is 17.1. The van der Waals surface area contributed by atoms with Crippen molar-refractivity contribution in [2.45, 2.75) is 0 Å². The largest absolute Gasteiger partial charge is 0.457 e. The first-order valence-electron chi connectivity index (χ1n) is 7.60. The molecule has 1 heterocycles. The molecule has 0 bridgehead atoms. The number of halogens is 2. The Kier molecular flexibility index (Phi) is 4.90. The Hall–Kier alpha value is -3.72. The molecular formula is C20H12F2N2O2. The van der Waals surface area contributed by atoms with Crippen LogP contribution >= 0.6 is 0 Å². The lowest BCUT2D eigenvalue weighted by Gasteiger charge is -2.04. The van der Waals surface area contributed by atoms with Crippen LogP contribution in [0.1, 0.15) is 5.76 Å². The summed E-state index contributed by atoms with van der Waals surface area (Å²) < 4.78 is 32.1. The van der Waals surface area contributed by atoms with E-state index in [9.17, 15) is 18.8 Å². The average molecular weight is 350 g/mol. The van der Waals surface area contributed by atoms with Crippen molar-refractivity contribution < 1.29 is 18.0 Å².